The fourth-order valence-corrected chi connectivity index (χ4v) is 1.57. The number of ketones is 1. The van der Waals surface area contributed by atoms with Crippen LogP contribution in [0.25, 0.3) is 0 Å². The molecule has 0 atom stereocenters. The van der Waals surface area contributed by atoms with Gasteiger partial charge in [-0.3, -0.25) is 4.79 Å². The van der Waals surface area contributed by atoms with E-state index in [-0.39, 0.29) is 9.50 Å². The Hall–Kier alpha value is -0.940. The highest BCUT2D eigenvalue weighted by molar-refractivity contribution is 9.10. The molecule has 3 nitrogen and oxygen atoms in total. The highest BCUT2D eigenvalue weighted by Gasteiger charge is 2.24. The number of Topliss-reactive ketones (excluding diaryl/α,β-unsaturated/α-hetero) is 1. The third-order valence-electron chi connectivity index (χ3n) is 1.64. The van der Waals surface area contributed by atoms with Crippen LogP contribution in [0.1, 0.15) is 10.4 Å². The van der Waals surface area contributed by atoms with Crippen molar-refractivity contribution >= 4 is 39.3 Å². The molecule has 0 fully saturated rings. The van der Waals surface area contributed by atoms with E-state index < -0.39 is 23.1 Å². The molecule has 0 saturated carbocycles. The van der Waals surface area contributed by atoms with Crippen LogP contribution in [-0.2, 0) is 9.53 Å². The molecular weight excluding hydrogens is 290 g/mol. The third kappa shape index (κ3) is 2.35. The number of ether oxygens (including phenoxy) is 1. The molecule has 0 aliphatic carbocycles. The van der Waals surface area contributed by atoms with Crippen LogP contribution in [0.15, 0.2) is 16.6 Å². The Balaban J connectivity index is 3.31. The first-order valence-corrected chi connectivity index (χ1v) is 4.92. The van der Waals surface area contributed by atoms with Crippen molar-refractivity contribution in [3.8, 4) is 0 Å². The number of halogens is 3. The van der Waals surface area contributed by atoms with Gasteiger partial charge in [0.15, 0.2) is 5.82 Å². The first kappa shape index (κ1) is 12.1. The van der Waals surface area contributed by atoms with Gasteiger partial charge in [0.05, 0.1) is 17.7 Å². The average molecular weight is 295 g/mol. The summed E-state index contributed by atoms with van der Waals surface area (Å²) in [5.41, 5.74) is -0.422. The fourth-order valence-electron chi connectivity index (χ4n) is 0.930. The van der Waals surface area contributed by atoms with Gasteiger partial charge in [0.1, 0.15) is 0 Å². The van der Waals surface area contributed by atoms with E-state index in [0.717, 1.165) is 7.11 Å². The Morgan fingerprint density at radius 1 is 1.47 bits per heavy atom. The molecule has 0 bridgehead atoms. The molecule has 0 aliphatic rings. The number of hydrogen-bond acceptors (Lipinski definition) is 3. The second kappa shape index (κ2) is 4.72. The van der Waals surface area contributed by atoms with E-state index in [2.05, 4.69) is 20.7 Å². The molecule has 0 aliphatic heterocycles. The maximum atomic E-state index is 13.4. The van der Waals surface area contributed by atoms with E-state index >= 15 is 0 Å². The van der Waals surface area contributed by atoms with Crippen molar-refractivity contribution in [2.24, 2.45) is 0 Å². The fraction of sp³-hybridized carbons (Fsp3) is 0.111. The van der Waals surface area contributed by atoms with Crippen LogP contribution in [0.5, 0.6) is 0 Å². The first-order valence-electron chi connectivity index (χ1n) is 3.75. The Morgan fingerprint density at radius 3 is 2.60 bits per heavy atom. The molecule has 0 saturated heterocycles. The number of hydrogen-bond donors (Lipinski definition) is 0. The number of carbonyl (C=O) groups excluding carboxylic acids is 2. The zero-order valence-corrected chi connectivity index (χ0v) is 9.86. The number of benzene rings is 1. The van der Waals surface area contributed by atoms with Gasteiger partial charge in [-0.25, -0.2) is 9.18 Å². The highest BCUT2D eigenvalue weighted by Crippen LogP contribution is 2.26. The minimum atomic E-state index is -1.14. The quantitative estimate of drug-likeness (QED) is 0.364. The third-order valence-corrected chi connectivity index (χ3v) is 2.59. The molecule has 1 rings (SSSR count). The van der Waals surface area contributed by atoms with Crippen LogP contribution in [0, 0.1) is 5.82 Å². The lowest BCUT2D eigenvalue weighted by atomic mass is 10.1. The monoisotopic (exact) mass is 294 g/mol. The molecule has 0 radical (unpaired) electrons. The minimum Gasteiger partial charge on any atom is -0.463 e. The van der Waals surface area contributed by atoms with E-state index in [1.807, 2.05) is 0 Å². The number of carbonyl (C=O) groups is 2. The minimum absolute atomic E-state index is 0.153. The Labute approximate surface area is 98.3 Å². The number of rotatable bonds is 2. The van der Waals surface area contributed by atoms with E-state index in [0.29, 0.717) is 0 Å². The molecule has 15 heavy (non-hydrogen) atoms. The normalized spacial score (nSPS) is 9.87. The summed E-state index contributed by atoms with van der Waals surface area (Å²) in [6.45, 7) is 0. The van der Waals surface area contributed by atoms with Gasteiger partial charge >= 0.3 is 5.97 Å². The lowest BCUT2D eigenvalue weighted by molar-refractivity contribution is -0.135. The van der Waals surface area contributed by atoms with Crippen molar-refractivity contribution in [2.75, 3.05) is 7.11 Å². The van der Waals surface area contributed by atoms with E-state index in [1.54, 1.807) is 0 Å². The Kier molecular flexibility index (Phi) is 3.82. The summed E-state index contributed by atoms with van der Waals surface area (Å²) in [5, 5.41) is -0.231. The smallest absolute Gasteiger partial charge is 0.379 e. The van der Waals surface area contributed by atoms with Crippen LogP contribution >= 0.6 is 27.5 Å². The average Bonchev–Trinajstić information content (AvgIpc) is 2.22. The van der Waals surface area contributed by atoms with Gasteiger partial charge in [-0.2, -0.15) is 0 Å². The summed E-state index contributed by atoms with van der Waals surface area (Å²) in [6.07, 6.45) is 0. The van der Waals surface area contributed by atoms with Crippen molar-refractivity contribution in [2.45, 2.75) is 0 Å². The summed E-state index contributed by atoms with van der Waals surface area (Å²) in [4.78, 5) is 22.3. The number of esters is 1. The SMILES string of the molecule is COC(=O)C(=O)c1c(Br)ccc(Cl)c1F. The van der Waals surface area contributed by atoms with E-state index in [4.69, 9.17) is 11.6 Å². The lowest BCUT2D eigenvalue weighted by Gasteiger charge is -2.04. The Bertz CT molecular complexity index is 434. The van der Waals surface area contributed by atoms with E-state index in [1.165, 1.54) is 12.1 Å². The molecule has 0 amide bonds. The molecule has 1 aromatic rings. The lowest BCUT2D eigenvalue weighted by Crippen LogP contribution is -2.17. The summed E-state index contributed by atoms with van der Waals surface area (Å²) in [6, 6.07) is 2.65. The molecule has 80 valence electrons. The Morgan fingerprint density at radius 2 is 2.07 bits per heavy atom. The van der Waals surface area contributed by atoms with Crippen LogP contribution in [0.3, 0.4) is 0 Å². The maximum Gasteiger partial charge on any atom is 0.379 e. The zero-order valence-electron chi connectivity index (χ0n) is 7.51. The second-order valence-electron chi connectivity index (χ2n) is 2.54. The van der Waals surface area contributed by atoms with E-state index in [9.17, 15) is 14.0 Å². The summed E-state index contributed by atoms with van der Waals surface area (Å²) in [7, 11) is 1.04. The standard InChI is InChI=1S/C9H5BrClFO3/c1-15-9(14)8(13)6-4(10)2-3-5(11)7(6)12/h2-3H,1H3. The maximum absolute atomic E-state index is 13.4. The summed E-state index contributed by atoms with van der Waals surface area (Å²) in [5.74, 6) is -3.16. The van der Waals surface area contributed by atoms with Gasteiger partial charge < -0.3 is 4.74 Å². The van der Waals surface area contributed by atoms with Crippen molar-refractivity contribution in [3.63, 3.8) is 0 Å². The topological polar surface area (TPSA) is 43.4 Å². The van der Waals surface area contributed by atoms with Crippen molar-refractivity contribution in [1.82, 2.24) is 0 Å². The first-order chi connectivity index (χ1) is 6.99. The predicted molar refractivity (Wildman–Crippen MR) is 55.5 cm³/mol. The largest absolute Gasteiger partial charge is 0.463 e. The summed E-state index contributed by atoms with van der Waals surface area (Å²) >= 11 is 8.43. The molecule has 0 spiro atoms. The van der Waals surface area contributed by atoms with Gasteiger partial charge in [0, 0.05) is 4.47 Å². The van der Waals surface area contributed by atoms with Crippen LogP contribution in [-0.4, -0.2) is 18.9 Å². The molecule has 0 unspecified atom stereocenters. The van der Waals surface area contributed by atoms with Crippen molar-refractivity contribution in [1.29, 1.82) is 0 Å². The molecule has 0 heterocycles. The van der Waals surface area contributed by atoms with Crippen LogP contribution in [0.4, 0.5) is 4.39 Å². The molecule has 1 aromatic carbocycles. The second-order valence-corrected chi connectivity index (χ2v) is 3.80. The number of methoxy groups -OCH3 is 1. The zero-order chi connectivity index (χ0) is 11.6. The van der Waals surface area contributed by atoms with Crippen molar-refractivity contribution in [3.05, 3.63) is 33.0 Å². The predicted octanol–water partition coefficient (Wildman–Crippen LogP) is 2.60. The highest BCUT2D eigenvalue weighted by atomic mass is 79.9. The molecule has 6 heteroatoms. The van der Waals surface area contributed by atoms with Crippen molar-refractivity contribution < 1.29 is 18.7 Å². The van der Waals surface area contributed by atoms with Crippen LogP contribution in [0.2, 0.25) is 5.02 Å². The van der Waals surface area contributed by atoms with Gasteiger partial charge in [-0.15, -0.1) is 0 Å². The molecule has 0 aromatic heterocycles. The molecular formula is C9H5BrClFO3. The van der Waals surface area contributed by atoms with Gasteiger partial charge in [0.25, 0.3) is 5.78 Å². The van der Waals surface area contributed by atoms with Gasteiger partial charge in [-0.05, 0) is 28.1 Å². The van der Waals surface area contributed by atoms with Gasteiger partial charge in [-0.1, -0.05) is 11.6 Å². The molecule has 0 N–H and O–H groups in total. The van der Waals surface area contributed by atoms with Crippen LogP contribution < -0.4 is 0 Å². The van der Waals surface area contributed by atoms with Gasteiger partial charge in [0.2, 0.25) is 0 Å². The summed E-state index contributed by atoms with van der Waals surface area (Å²) < 4.78 is 17.8.